The van der Waals surface area contributed by atoms with Crippen LogP contribution in [0, 0.1) is 5.82 Å². The lowest BCUT2D eigenvalue weighted by molar-refractivity contribution is 0.582. The van der Waals surface area contributed by atoms with E-state index in [1.54, 1.807) is 13.1 Å². The highest BCUT2D eigenvalue weighted by Gasteiger charge is 2.17. The molecule has 0 spiro atoms. The lowest BCUT2D eigenvalue weighted by atomic mass is 10.2. The van der Waals surface area contributed by atoms with Gasteiger partial charge in [-0.15, -0.1) is 0 Å². The van der Waals surface area contributed by atoms with Crippen LogP contribution in [-0.2, 0) is 0 Å². The summed E-state index contributed by atoms with van der Waals surface area (Å²) in [5, 5.41) is 3.34. The van der Waals surface area contributed by atoms with Gasteiger partial charge in [0.1, 0.15) is 5.82 Å². The fourth-order valence-corrected chi connectivity index (χ4v) is 3.12. The second-order valence-corrected chi connectivity index (χ2v) is 6.18. The normalized spacial score (nSPS) is 16.7. The summed E-state index contributed by atoms with van der Waals surface area (Å²) in [5.74, 6) is 0.521. The van der Waals surface area contributed by atoms with Gasteiger partial charge in [0, 0.05) is 45.5 Å². The largest absolute Gasteiger partial charge is 0.351 e. The van der Waals surface area contributed by atoms with Crippen LogP contribution in [0.2, 0.25) is 0 Å². The zero-order chi connectivity index (χ0) is 16.4. The van der Waals surface area contributed by atoms with E-state index in [-0.39, 0.29) is 5.82 Å². The monoisotopic (exact) mass is 379 g/mol. The summed E-state index contributed by atoms with van der Waals surface area (Å²) in [6.07, 6.45) is 3.81. The second kappa shape index (κ2) is 6.80. The minimum absolute atomic E-state index is 0.311. The molecular weight excluding hydrogens is 361 g/mol. The second-order valence-electron chi connectivity index (χ2n) is 5.33. The lowest BCUT2D eigenvalue weighted by Crippen LogP contribution is -2.46. The van der Waals surface area contributed by atoms with Crippen LogP contribution in [-0.4, -0.2) is 42.8 Å². The van der Waals surface area contributed by atoms with Gasteiger partial charge in [-0.2, -0.15) is 0 Å². The molecule has 7 heteroatoms. The van der Waals surface area contributed by atoms with E-state index in [9.17, 15) is 4.39 Å². The van der Waals surface area contributed by atoms with Crippen molar-refractivity contribution in [3.05, 3.63) is 34.0 Å². The molecule has 1 fully saturated rings. The van der Waals surface area contributed by atoms with E-state index in [4.69, 9.17) is 4.98 Å². The third kappa shape index (κ3) is 3.03. The molecule has 122 valence electrons. The fraction of sp³-hybridized carbons (Fsp3) is 0.375. The molecule has 0 aliphatic carbocycles. The van der Waals surface area contributed by atoms with Gasteiger partial charge in [-0.05, 0) is 28.9 Å². The van der Waals surface area contributed by atoms with E-state index in [1.165, 1.54) is 6.07 Å². The third-order valence-corrected chi connectivity index (χ3v) is 4.47. The first-order valence-corrected chi connectivity index (χ1v) is 8.37. The van der Waals surface area contributed by atoms with Crippen molar-refractivity contribution < 1.29 is 4.39 Å². The third-order valence-electron chi connectivity index (χ3n) is 3.86. The maximum Gasteiger partial charge on any atom is 0.175 e. The lowest BCUT2D eigenvalue weighted by Gasteiger charge is -2.29. The first kappa shape index (κ1) is 16.1. The minimum atomic E-state index is -0.311. The topological polar surface area (TPSA) is 45.5 Å². The van der Waals surface area contributed by atoms with Crippen molar-refractivity contribution >= 4 is 39.0 Å². The maximum atomic E-state index is 14.0. The van der Waals surface area contributed by atoms with Crippen molar-refractivity contribution in [3.8, 4) is 0 Å². The van der Waals surface area contributed by atoms with Gasteiger partial charge >= 0.3 is 0 Å². The van der Waals surface area contributed by atoms with Crippen LogP contribution in [0.25, 0.3) is 17.2 Å². The summed E-state index contributed by atoms with van der Waals surface area (Å²) in [6.45, 7) is 5.51. The minimum Gasteiger partial charge on any atom is -0.351 e. The van der Waals surface area contributed by atoms with Gasteiger partial charge in [0.05, 0.1) is 15.5 Å². The first-order valence-electron chi connectivity index (χ1n) is 7.58. The number of nitrogens with zero attached hydrogens (tertiary/aromatic N) is 4. The summed E-state index contributed by atoms with van der Waals surface area (Å²) in [7, 11) is 1.74. The highest BCUT2D eigenvalue weighted by molar-refractivity contribution is 9.10. The number of piperazine rings is 1. The SMILES string of the molecule is C/C=C\n1c(=NC)c(N2CCNCC2)nc2cc(Br)c(F)cc21. The summed E-state index contributed by atoms with van der Waals surface area (Å²) < 4.78 is 16.3. The molecule has 1 N–H and O–H groups in total. The van der Waals surface area contributed by atoms with Crippen LogP contribution in [0.3, 0.4) is 0 Å². The summed E-state index contributed by atoms with van der Waals surface area (Å²) in [6, 6.07) is 3.21. The quantitative estimate of drug-likeness (QED) is 0.870. The molecule has 0 amide bonds. The molecule has 23 heavy (non-hydrogen) atoms. The molecule has 2 aromatic rings. The average molecular weight is 380 g/mol. The highest BCUT2D eigenvalue weighted by Crippen LogP contribution is 2.23. The summed E-state index contributed by atoms with van der Waals surface area (Å²) in [4.78, 5) is 11.4. The standard InChI is InChI=1S/C16H19BrFN5/c1-3-6-23-14-10-12(18)11(17)9-13(14)21-16(15(23)19-2)22-7-4-20-5-8-22/h3,6,9-10,20H,4-5,7-8H2,1-2H3/b6-3-,19-15?. The number of benzene rings is 1. The van der Waals surface area contributed by atoms with Gasteiger partial charge in [-0.25, -0.2) is 9.37 Å². The Morgan fingerprint density at radius 1 is 1.35 bits per heavy atom. The number of aromatic nitrogens is 2. The Bertz CT molecular complexity index is 821. The van der Waals surface area contributed by atoms with Crippen LogP contribution in [0.1, 0.15) is 6.92 Å². The first-order chi connectivity index (χ1) is 11.2. The van der Waals surface area contributed by atoms with Gasteiger partial charge in [0.2, 0.25) is 0 Å². The van der Waals surface area contributed by atoms with Crippen molar-refractivity contribution in [2.75, 3.05) is 38.1 Å². The smallest absolute Gasteiger partial charge is 0.175 e. The zero-order valence-electron chi connectivity index (χ0n) is 13.2. The van der Waals surface area contributed by atoms with Gasteiger partial charge < -0.3 is 10.2 Å². The van der Waals surface area contributed by atoms with E-state index in [0.717, 1.165) is 43.0 Å². The van der Waals surface area contributed by atoms with Crippen molar-refractivity contribution in [1.82, 2.24) is 14.9 Å². The Kier molecular flexibility index (Phi) is 4.77. The summed E-state index contributed by atoms with van der Waals surface area (Å²) in [5.41, 5.74) is 2.17. The Morgan fingerprint density at radius 2 is 2.09 bits per heavy atom. The molecule has 1 aromatic carbocycles. The van der Waals surface area contributed by atoms with Gasteiger partial charge in [0.15, 0.2) is 11.3 Å². The van der Waals surface area contributed by atoms with Gasteiger partial charge in [-0.1, -0.05) is 6.08 Å². The molecule has 0 atom stereocenters. The Hall–Kier alpha value is -1.73. The molecule has 0 unspecified atom stereocenters. The number of rotatable bonds is 2. The van der Waals surface area contributed by atoms with E-state index in [1.807, 2.05) is 23.8 Å². The number of nitrogens with one attached hydrogen (secondary N) is 1. The Morgan fingerprint density at radius 3 is 2.74 bits per heavy atom. The molecule has 1 aromatic heterocycles. The highest BCUT2D eigenvalue weighted by atomic mass is 79.9. The number of fused-ring (bicyclic) bond motifs is 1. The van der Waals surface area contributed by atoms with Gasteiger partial charge in [0.25, 0.3) is 0 Å². The maximum absolute atomic E-state index is 14.0. The van der Waals surface area contributed by atoms with Crippen molar-refractivity contribution in [3.63, 3.8) is 0 Å². The van der Waals surface area contributed by atoms with E-state index in [0.29, 0.717) is 9.99 Å². The zero-order valence-corrected chi connectivity index (χ0v) is 14.8. The number of hydrogen-bond donors (Lipinski definition) is 1. The van der Waals surface area contributed by atoms with E-state index in [2.05, 4.69) is 31.1 Å². The van der Waals surface area contributed by atoms with Crippen molar-refractivity contribution in [2.45, 2.75) is 6.92 Å². The van der Waals surface area contributed by atoms with Crippen LogP contribution < -0.4 is 15.7 Å². The van der Waals surface area contributed by atoms with Crippen molar-refractivity contribution in [1.29, 1.82) is 0 Å². The molecular formula is C16H19BrFN5. The molecule has 0 radical (unpaired) electrons. The Labute approximate surface area is 142 Å². The Balaban J connectivity index is 2.34. The molecule has 0 bridgehead atoms. The van der Waals surface area contributed by atoms with Crippen LogP contribution >= 0.6 is 15.9 Å². The average Bonchev–Trinajstić information content (AvgIpc) is 2.57. The molecule has 1 saturated heterocycles. The molecule has 5 nitrogen and oxygen atoms in total. The number of allylic oxidation sites excluding steroid dienone is 1. The van der Waals surface area contributed by atoms with Crippen LogP contribution in [0.4, 0.5) is 10.2 Å². The predicted octanol–water partition coefficient (Wildman–Crippen LogP) is 2.37. The van der Waals surface area contributed by atoms with Crippen molar-refractivity contribution in [2.24, 2.45) is 4.99 Å². The number of halogens is 2. The van der Waals surface area contributed by atoms with Crippen LogP contribution in [0.5, 0.6) is 0 Å². The van der Waals surface area contributed by atoms with Crippen LogP contribution in [0.15, 0.2) is 27.7 Å². The number of anilines is 1. The molecule has 1 aliphatic rings. The molecule has 3 rings (SSSR count). The van der Waals surface area contributed by atoms with E-state index >= 15 is 0 Å². The number of hydrogen-bond acceptors (Lipinski definition) is 4. The molecule has 1 aliphatic heterocycles. The summed E-state index contributed by atoms with van der Waals surface area (Å²) >= 11 is 3.25. The van der Waals surface area contributed by atoms with Gasteiger partial charge in [-0.3, -0.25) is 9.56 Å². The molecule has 0 saturated carbocycles. The fourth-order valence-electron chi connectivity index (χ4n) is 2.79. The van der Waals surface area contributed by atoms with E-state index < -0.39 is 0 Å². The predicted molar refractivity (Wildman–Crippen MR) is 95.0 cm³/mol. The molecule has 2 heterocycles.